The number of pyridine rings is 1. The average Bonchev–Trinajstić information content (AvgIpc) is 2.96. The number of benzene rings is 3. The minimum Gasteiger partial charge on any atom is -0.463 e. The van der Waals surface area contributed by atoms with Crippen molar-refractivity contribution in [1.82, 2.24) is 4.57 Å². The van der Waals surface area contributed by atoms with Crippen LogP contribution in [-0.2, 0) is 21.9 Å². The predicted octanol–water partition coefficient (Wildman–Crippen LogP) is 7.94. The summed E-state index contributed by atoms with van der Waals surface area (Å²) in [5, 5.41) is 2.94. The van der Waals surface area contributed by atoms with Gasteiger partial charge in [0.25, 0.3) is 5.56 Å². The van der Waals surface area contributed by atoms with E-state index in [1.54, 1.807) is 30.3 Å². The number of hydrogen-bond acceptors (Lipinski definition) is 4. The lowest BCUT2D eigenvalue weighted by Gasteiger charge is -2.32. The lowest BCUT2D eigenvalue weighted by molar-refractivity contribution is -0.140. The third-order valence-electron chi connectivity index (χ3n) is 7.14. The number of carbonyl (C=O) groups is 1. The second-order valence-corrected chi connectivity index (χ2v) is 9.78. The monoisotopic (exact) mass is 598 g/mol. The van der Waals surface area contributed by atoms with Gasteiger partial charge >= 0.3 is 18.3 Å². The second-order valence-electron chi connectivity index (χ2n) is 9.78. The van der Waals surface area contributed by atoms with Gasteiger partial charge in [-0.25, -0.2) is 4.79 Å². The minimum absolute atomic E-state index is 0.0529. The zero-order valence-electron chi connectivity index (χ0n) is 22.8. The van der Waals surface area contributed by atoms with E-state index in [-0.39, 0.29) is 34.8 Å². The number of anilines is 1. The number of rotatable bonds is 5. The van der Waals surface area contributed by atoms with Crippen LogP contribution < -0.4 is 10.9 Å². The Labute approximate surface area is 242 Å². The van der Waals surface area contributed by atoms with Gasteiger partial charge in [0.15, 0.2) is 0 Å². The number of halogens is 6. The van der Waals surface area contributed by atoms with Crippen LogP contribution in [0.4, 0.5) is 32.0 Å². The van der Waals surface area contributed by atoms with E-state index in [1.807, 2.05) is 0 Å². The molecule has 1 unspecified atom stereocenters. The van der Waals surface area contributed by atoms with Gasteiger partial charge in [-0.3, -0.25) is 9.36 Å². The van der Waals surface area contributed by atoms with Crippen molar-refractivity contribution >= 4 is 11.7 Å². The molecule has 0 saturated carbocycles. The molecular formula is C32H24F6N2O3. The molecule has 222 valence electrons. The van der Waals surface area contributed by atoms with E-state index in [0.717, 1.165) is 28.8 Å². The predicted molar refractivity (Wildman–Crippen MR) is 149 cm³/mol. The van der Waals surface area contributed by atoms with E-state index in [1.165, 1.54) is 44.2 Å². The van der Waals surface area contributed by atoms with Gasteiger partial charge in [-0.15, -0.1) is 0 Å². The Morgan fingerprint density at radius 3 is 2.07 bits per heavy atom. The van der Waals surface area contributed by atoms with Crippen molar-refractivity contribution in [1.29, 1.82) is 0 Å². The molecule has 1 atom stereocenters. The van der Waals surface area contributed by atoms with Crippen LogP contribution in [0.25, 0.3) is 16.9 Å². The highest BCUT2D eigenvalue weighted by molar-refractivity contribution is 5.95. The first-order valence-corrected chi connectivity index (χ1v) is 13.2. The maximum absolute atomic E-state index is 14.6. The van der Waals surface area contributed by atoms with Gasteiger partial charge in [-0.05, 0) is 49.2 Å². The van der Waals surface area contributed by atoms with Crippen LogP contribution in [0.5, 0.6) is 0 Å². The Kier molecular flexibility index (Phi) is 7.68. The molecule has 0 bridgehead atoms. The van der Waals surface area contributed by atoms with Crippen LogP contribution in [0.1, 0.15) is 42.0 Å². The van der Waals surface area contributed by atoms with Gasteiger partial charge in [0.1, 0.15) is 0 Å². The Morgan fingerprint density at radius 1 is 0.860 bits per heavy atom. The smallest absolute Gasteiger partial charge is 0.418 e. The van der Waals surface area contributed by atoms with Crippen molar-refractivity contribution in [3.8, 4) is 16.9 Å². The van der Waals surface area contributed by atoms with Crippen molar-refractivity contribution in [2.75, 3.05) is 11.9 Å². The second kappa shape index (κ2) is 11.1. The van der Waals surface area contributed by atoms with Gasteiger partial charge in [-0.2, -0.15) is 26.3 Å². The standard InChI is InChI=1S/C32H24F6N2O3/c1-3-43-30(42)26-18(2)39-23-17-25(19-11-5-4-6-12-19)40(24-16-10-9-15-22(24)32(36,37)38)29(41)28(23)27(26)20-13-7-8-14-21(20)31(33,34)35/h4-17,27,39H,3H2,1-2H3. The fraction of sp³-hybridized carbons (Fsp3) is 0.188. The van der Waals surface area contributed by atoms with Crippen LogP contribution in [-0.4, -0.2) is 17.1 Å². The maximum Gasteiger partial charge on any atom is 0.418 e. The molecule has 0 radical (unpaired) electrons. The van der Waals surface area contributed by atoms with E-state index in [9.17, 15) is 35.9 Å². The molecule has 4 aromatic rings. The number of hydrogen-bond donors (Lipinski definition) is 1. The van der Waals surface area contributed by atoms with E-state index in [4.69, 9.17) is 4.74 Å². The molecule has 2 heterocycles. The van der Waals surface area contributed by atoms with Crippen molar-refractivity contribution in [3.63, 3.8) is 0 Å². The van der Waals surface area contributed by atoms with Crippen molar-refractivity contribution in [3.05, 3.63) is 129 Å². The third kappa shape index (κ3) is 5.42. The fourth-order valence-electron chi connectivity index (χ4n) is 5.40. The summed E-state index contributed by atoms with van der Waals surface area (Å²) in [7, 11) is 0. The summed E-state index contributed by atoms with van der Waals surface area (Å²) in [6.07, 6.45) is -9.74. The molecule has 1 aliphatic rings. The largest absolute Gasteiger partial charge is 0.463 e. The number of carbonyl (C=O) groups excluding carboxylic acids is 1. The van der Waals surface area contributed by atoms with Crippen molar-refractivity contribution in [2.45, 2.75) is 32.1 Å². The van der Waals surface area contributed by atoms with E-state index >= 15 is 0 Å². The average molecular weight is 599 g/mol. The SMILES string of the molecule is CCOC(=O)C1=C(C)Nc2cc(-c3ccccc3)n(-c3ccccc3C(F)(F)F)c(=O)c2C1c1ccccc1C(F)(F)F. The minimum atomic E-state index is -4.87. The molecule has 43 heavy (non-hydrogen) atoms. The van der Waals surface area contributed by atoms with Crippen molar-refractivity contribution in [2.24, 2.45) is 0 Å². The molecule has 1 N–H and O–H groups in total. The number of nitrogens with zero attached hydrogens (tertiary/aromatic N) is 1. The molecule has 1 aliphatic heterocycles. The van der Waals surface area contributed by atoms with Crippen LogP contribution in [0.15, 0.2) is 101 Å². The highest BCUT2D eigenvalue weighted by atomic mass is 19.4. The molecule has 3 aromatic carbocycles. The van der Waals surface area contributed by atoms with E-state index in [0.29, 0.717) is 5.56 Å². The molecule has 5 nitrogen and oxygen atoms in total. The maximum atomic E-state index is 14.6. The summed E-state index contributed by atoms with van der Waals surface area (Å²) >= 11 is 0. The quantitative estimate of drug-likeness (QED) is 0.187. The number of fused-ring (bicyclic) bond motifs is 1. The molecule has 11 heteroatoms. The van der Waals surface area contributed by atoms with E-state index < -0.39 is 52.2 Å². The molecule has 0 spiro atoms. The first-order chi connectivity index (χ1) is 20.3. The van der Waals surface area contributed by atoms with Gasteiger partial charge in [0, 0.05) is 5.70 Å². The number of allylic oxidation sites excluding steroid dienone is 1. The van der Waals surface area contributed by atoms with Crippen LogP contribution in [0.2, 0.25) is 0 Å². The van der Waals surface area contributed by atoms with Gasteiger partial charge in [0.05, 0.1) is 51.9 Å². The van der Waals surface area contributed by atoms with E-state index in [2.05, 4.69) is 5.32 Å². The van der Waals surface area contributed by atoms with Crippen LogP contribution in [0.3, 0.4) is 0 Å². The van der Waals surface area contributed by atoms with Gasteiger partial charge < -0.3 is 10.1 Å². The van der Waals surface area contributed by atoms with Gasteiger partial charge in [-0.1, -0.05) is 60.7 Å². The molecule has 1 aromatic heterocycles. The fourth-order valence-corrected chi connectivity index (χ4v) is 5.40. The van der Waals surface area contributed by atoms with Crippen LogP contribution in [0, 0.1) is 0 Å². The van der Waals surface area contributed by atoms with Crippen LogP contribution >= 0.6 is 0 Å². The number of aromatic nitrogens is 1. The summed E-state index contributed by atoms with van der Waals surface area (Å²) in [6.45, 7) is 2.88. The van der Waals surface area contributed by atoms with Crippen molar-refractivity contribution < 1.29 is 35.9 Å². The highest BCUT2D eigenvalue weighted by Gasteiger charge is 2.43. The Morgan fingerprint density at radius 2 is 1.44 bits per heavy atom. The topological polar surface area (TPSA) is 60.3 Å². The zero-order valence-corrected chi connectivity index (χ0v) is 22.8. The Balaban J connectivity index is 1.94. The molecule has 0 amide bonds. The number of esters is 1. The number of nitrogens with one attached hydrogen (secondary N) is 1. The summed E-state index contributed by atoms with van der Waals surface area (Å²) in [4.78, 5) is 27.8. The summed E-state index contributed by atoms with van der Waals surface area (Å²) in [5.41, 5.74) is -4.15. The Bertz CT molecular complexity index is 1790. The summed E-state index contributed by atoms with van der Waals surface area (Å²) < 4.78 is 91.7. The summed E-state index contributed by atoms with van der Waals surface area (Å²) in [5.74, 6) is -2.58. The number of ether oxygens (including phenoxy) is 1. The first-order valence-electron chi connectivity index (χ1n) is 13.2. The molecule has 0 fully saturated rings. The first kappa shape index (κ1) is 29.7. The lowest BCUT2D eigenvalue weighted by Crippen LogP contribution is -2.35. The highest BCUT2D eigenvalue weighted by Crippen LogP contribution is 2.46. The lowest BCUT2D eigenvalue weighted by atomic mass is 9.79. The molecule has 5 rings (SSSR count). The normalized spacial score (nSPS) is 15.1. The zero-order chi connectivity index (χ0) is 31.1. The molecule has 0 saturated heterocycles. The third-order valence-corrected chi connectivity index (χ3v) is 7.14. The van der Waals surface area contributed by atoms with Gasteiger partial charge in [0.2, 0.25) is 0 Å². The molecular weight excluding hydrogens is 574 g/mol. The number of alkyl halides is 6. The number of para-hydroxylation sites is 1. The Hall–Kier alpha value is -4.80. The molecule has 0 aliphatic carbocycles. The summed E-state index contributed by atoms with van der Waals surface area (Å²) in [6, 6.07) is 18.5.